The Morgan fingerprint density at radius 1 is 0.833 bits per heavy atom. The van der Waals surface area contributed by atoms with E-state index in [2.05, 4.69) is 6.58 Å². The summed E-state index contributed by atoms with van der Waals surface area (Å²) in [5.41, 5.74) is 1.02. The normalized spacial score (nSPS) is 8.78. The molecule has 0 amide bonds. The minimum atomic E-state index is 0.731. The molecule has 0 fully saturated rings. The maximum Gasteiger partial charge on any atom is 0.161 e. The molecule has 0 aliphatic carbocycles. The van der Waals surface area contributed by atoms with Crippen molar-refractivity contribution in [2.24, 2.45) is 0 Å². The van der Waals surface area contributed by atoms with Gasteiger partial charge in [-0.3, -0.25) is 0 Å². The molecule has 0 spiro atoms. The van der Waals surface area contributed by atoms with Crippen molar-refractivity contribution in [2.45, 2.75) is 0 Å². The van der Waals surface area contributed by atoms with E-state index in [1.54, 1.807) is 20.3 Å². The summed E-state index contributed by atoms with van der Waals surface area (Å²) < 4.78 is 10.2. The average Bonchev–Trinajstić information content (AvgIpc) is 2.48. The van der Waals surface area contributed by atoms with Gasteiger partial charge in [-0.05, 0) is 17.7 Å². The van der Waals surface area contributed by atoms with Gasteiger partial charge in [-0.25, -0.2) is 0 Å². The second-order valence-electron chi connectivity index (χ2n) is 3.47. The van der Waals surface area contributed by atoms with Crippen LogP contribution < -0.4 is 9.47 Å². The average molecular weight is 242 g/mol. The van der Waals surface area contributed by atoms with E-state index in [4.69, 9.17) is 9.47 Å². The van der Waals surface area contributed by atoms with Gasteiger partial charge in [0.05, 0.1) is 14.2 Å². The lowest BCUT2D eigenvalue weighted by Crippen LogP contribution is -1.90. The van der Waals surface area contributed by atoms with Gasteiger partial charge in [0.15, 0.2) is 11.5 Å². The van der Waals surface area contributed by atoms with Crippen molar-refractivity contribution >= 4 is 6.08 Å². The Morgan fingerprint density at radius 2 is 1.33 bits per heavy atom. The SMILES string of the molecule is C=Cc1ccc(OC)c(OC)c1.c1ccccc1. The molecule has 0 aliphatic rings. The fourth-order valence-electron chi connectivity index (χ4n) is 1.36. The van der Waals surface area contributed by atoms with Crippen molar-refractivity contribution in [2.75, 3.05) is 14.2 Å². The van der Waals surface area contributed by atoms with Gasteiger partial charge in [0.2, 0.25) is 0 Å². The van der Waals surface area contributed by atoms with E-state index >= 15 is 0 Å². The molecule has 0 bridgehead atoms. The van der Waals surface area contributed by atoms with Crippen LogP contribution in [0.15, 0.2) is 61.2 Å². The van der Waals surface area contributed by atoms with E-state index in [0.717, 1.165) is 17.1 Å². The van der Waals surface area contributed by atoms with Crippen LogP contribution in [0, 0.1) is 0 Å². The lowest BCUT2D eigenvalue weighted by Gasteiger charge is -2.07. The first kappa shape index (κ1) is 13.8. The van der Waals surface area contributed by atoms with E-state index in [1.807, 2.05) is 54.6 Å². The van der Waals surface area contributed by atoms with Crippen LogP contribution in [-0.4, -0.2) is 14.2 Å². The highest BCUT2D eigenvalue weighted by Gasteiger charge is 2.01. The van der Waals surface area contributed by atoms with Crippen molar-refractivity contribution in [3.8, 4) is 11.5 Å². The van der Waals surface area contributed by atoms with Crippen LogP contribution in [0.3, 0.4) is 0 Å². The van der Waals surface area contributed by atoms with Crippen LogP contribution in [0.5, 0.6) is 11.5 Å². The largest absolute Gasteiger partial charge is 0.493 e. The number of methoxy groups -OCH3 is 2. The molecule has 2 aromatic carbocycles. The van der Waals surface area contributed by atoms with Crippen LogP contribution >= 0.6 is 0 Å². The monoisotopic (exact) mass is 242 g/mol. The lowest BCUT2D eigenvalue weighted by molar-refractivity contribution is 0.355. The molecule has 2 nitrogen and oxygen atoms in total. The van der Waals surface area contributed by atoms with E-state index in [0.29, 0.717) is 0 Å². The molecule has 0 saturated carbocycles. The fourth-order valence-corrected chi connectivity index (χ4v) is 1.36. The van der Waals surface area contributed by atoms with Crippen molar-refractivity contribution < 1.29 is 9.47 Å². The van der Waals surface area contributed by atoms with Crippen LogP contribution in [0.4, 0.5) is 0 Å². The predicted molar refractivity (Wildman–Crippen MR) is 76.1 cm³/mol. The summed E-state index contributed by atoms with van der Waals surface area (Å²) in [6, 6.07) is 17.7. The number of rotatable bonds is 3. The maximum atomic E-state index is 5.11. The molecule has 2 aromatic rings. The highest BCUT2D eigenvalue weighted by molar-refractivity contribution is 5.54. The molecule has 0 aromatic heterocycles. The van der Waals surface area contributed by atoms with Crippen molar-refractivity contribution in [3.63, 3.8) is 0 Å². The van der Waals surface area contributed by atoms with Gasteiger partial charge in [0.25, 0.3) is 0 Å². The minimum Gasteiger partial charge on any atom is -0.493 e. The van der Waals surface area contributed by atoms with Crippen LogP contribution in [0.2, 0.25) is 0 Å². The second-order valence-corrected chi connectivity index (χ2v) is 3.47. The third-order valence-electron chi connectivity index (χ3n) is 2.31. The van der Waals surface area contributed by atoms with Crippen molar-refractivity contribution in [1.29, 1.82) is 0 Å². The van der Waals surface area contributed by atoms with Crippen LogP contribution in [-0.2, 0) is 0 Å². The first-order chi connectivity index (χ1) is 8.81. The zero-order valence-electron chi connectivity index (χ0n) is 10.8. The van der Waals surface area contributed by atoms with Crippen molar-refractivity contribution in [1.82, 2.24) is 0 Å². The summed E-state index contributed by atoms with van der Waals surface area (Å²) >= 11 is 0. The number of hydrogen-bond acceptors (Lipinski definition) is 2. The van der Waals surface area contributed by atoms with E-state index in [-0.39, 0.29) is 0 Å². The molecule has 0 heterocycles. The van der Waals surface area contributed by atoms with Crippen LogP contribution in [0.1, 0.15) is 5.56 Å². The Balaban J connectivity index is 0.000000225. The van der Waals surface area contributed by atoms with Gasteiger partial charge in [-0.15, -0.1) is 0 Å². The van der Waals surface area contributed by atoms with Gasteiger partial charge >= 0.3 is 0 Å². The summed E-state index contributed by atoms with van der Waals surface area (Å²) in [6.07, 6.45) is 1.77. The molecule has 0 radical (unpaired) electrons. The second kappa shape index (κ2) is 7.96. The molecular weight excluding hydrogens is 224 g/mol. The first-order valence-corrected chi connectivity index (χ1v) is 5.66. The van der Waals surface area contributed by atoms with Gasteiger partial charge in [0, 0.05) is 0 Å². The zero-order valence-corrected chi connectivity index (χ0v) is 10.8. The molecule has 0 aliphatic heterocycles. The zero-order chi connectivity index (χ0) is 13.2. The molecule has 94 valence electrons. The number of benzene rings is 2. The quantitative estimate of drug-likeness (QED) is 0.809. The van der Waals surface area contributed by atoms with E-state index < -0.39 is 0 Å². The number of hydrogen-bond donors (Lipinski definition) is 0. The molecule has 0 unspecified atom stereocenters. The first-order valence-electron chi connectivity index (χ1n) is 5.66. The highest BCUT2D eigenvalue weighted by Crippen LogP contribution is 2.27. The Kier molecular flexibility index (Phi) is 6.12. The smallest absolute Gasteiger partial charge is 0.161 e. The van der Waals surface area contributed by atoms with E-state index in [9.17, 15) is 0 Å². The number of ether oxygens (including phenoxy) is 2. The van der Waals surface area contributed by atoms with Gasteiger partial charge in [0.1, 0.15) is 0 Å². The van der Waals surface area contributed by atoms with Gasteiger partial charge < -0.3 is 9.47 Å². The topological polar surface area (TPSA) is 18.5 Å². The van der Waals surface area contributed by atoms with Crippen molar-refractivity contribution in [3.05, 3.63) is 66.7 Å². The third-order valence-corrected chi connectivity index (χ3v) is 2.31. The summed E-state index contributed by atoms with van der Waals surface area (Å²) in [6.45, 7) is 3.67. The summed E-state index contributed by atoms with van der Waals surface area (Å²) in [7, 11) is 3.23. The standard InChI is InChI=1S/C10H12O2.C6H6/c1-4-8-5-6-9(11-2)10(7-8)12-3;1-2-4-6-5-3-1/h4-7H,1H2,2-3H3;1-6H. The van der Waals surface area contributed by atoms with Gasteiger partial charge in [-0.2, -0.15) is 0 Å². The Hall–Kier alpha value is -2.22. The highest BCUT2D eigenvalue weighted by atomic mass is 16.5. The fraction of sp³-hybridized carbons (Fsp3) is 0.125. The Labute approximate surface area is 108 Å². The molecule has 0 saturated heterocycles. The summed E-state index contributed by atoms with van der Waals surface area (Å²) in [5.74, 6) is 1.47. The Morgan fingerprint density at radius 3 is 1.72 bits per heavy atom. The lowest BCUT2D eigenvalue weighted by atomic mass is 10.2. The van der Waals surface area contributed by atoms with Crippen LogP contribution in [0.25, 0.3) is 6.08 Å². The third kappa shape index (κ3) is 4.34. The molecule has 0 N–H and O–H groups in total. The maximum absolute atomic E-state index is 5.11. The van der Waals surface area contributed by atoms with Gasteiger partial charge in [-0.1, -0.05) is 55.1 Å². The Bertz CT molecular complexity index is 437. The summed E-state index contributed by atoms with van der Waals surface area (Å²) in [4.78, 5) is 0. The molecule has 2 heteroatoms. The predicted octanol–water partition coefficient (Wildman–Crippen LogP) is 4.03. The summed E-state index contributed by atoms with van der Waals surface area (Å²) in [5, 5.41) is 0. The minimum absolute atomic E-state index is 0.731. The molecule has 0 atom stereocenters. The van der Waals surface area contributed by atoms with E-state index in [1.165, 1.54) is 0 Å². The molecule has 18 heavy (non-hydrogen) atoms. The molecular formula is C16H18O2. The molecule has 2 rings (SSSR count).